The lowest BCUT2D eigenvalue weighted by molar-refractivity contribution is 0.144. The number of urea groups is 1. The maximum absolute atomic E-state index is 12.0. The van der Waals surface area contributed by atoms with Crippen molar-refractivity contribution in [2.24, 2.45) is 7.05 Å². The molecule has 1 heterocycles. The topological polar surface area (TPSA) is 79.2 Å². The number of aromatic nitrogens is 2. The van der Waals surface area contributed by atoms with Crippen LogP contribution in [-0.2, 0) is 13.5 Å². The molecule has 20 heavy (non-hydrogen) atoms. The number of amides is 2. The lowest BCUT2D eigenvalue weighted by Crippen LogP contribution is -2.36. The van der Waals surface area contributed by atoms with Crippen molar-refractivity contribution in [2.45, 2.75) is 18.6 Å². The highest BCUT2D eigenvalue weighted by Gasteiger charge is 2.31. The van der Waals surface area contributed by atoms with Gasteiger partial charge in [-0.2, -0.15) is 5.10 Å². The lowest BCUT2D eigenvalue weighted by atomic mass is 10.1. The van der Waals surface area contributed by atoms with E-state index < -0.39 is 6.10 Å². The van der Waals surface area contributed by atoms with Crippen molar-refractivity contribution in [3.63, 3.8) is 0 Å². The van der Waals surface area contributed by atoms with Gasteiger partial charge >= 0.3 is 6.03 Å². The molecular formula is C14H16N4O2. The van der Waals surface area contributed by atoms with Gasteiger partial charge in [0.2, 0.25) is 0 Å². The van der Waals surface area contributed by atoms with E-state index in [0.717, 1.165) is 11.1 Å². The number of nitrogens with one attached hydrogen (secondary N) is 2. The number of aryl methyl sites for hydroxylation is 1. The molecule has 0 spiro atoms. The number of carbonyl (C=O) groups excluding carboxylic acids is 1. The van der Waals surface area contributed by atoms with Gasteiger partial charge in [-0.15, -0.1) is 0 Å². The van der Waals surface area contributed by atoms with Crippen LogP contribution >= 0.6 is 0 Å². The summed E-state index contributed by atoms with van der Waals surface area (Å²) in [5.74, 6) is 0. The molecule has 104 valence electrons. The highest BCUT2D eigenvalue weighted by Crippen LogP contribution is 2.31. The Bertz CT molecular complexity index is 638. The summed E-state index contributed by atoms with van der Waals surface area (Å²) in [5.41, 5.74) is 2.67. The summed E-state index contributed by atoms with van der Waals surface area (Å²) in [6, 6.07) is 7.02. The molecule has 0 bridgehead atoms. The van der Waals surface area contributed by atoms with Crippen LogP contribution in [0.3, 0.4) is 0 Å². The Morgan fingerprint density at radius 3 is 3.00 bits per heavy atom. The second kappa shape index (κ2) is 4.97. The Morgan fingerprint density at radius 1 is 1.45 bits per heavy atom. The summed E-state index contributed by atoms with van der Waals surface area (Å²) < 4.78 is 1.61. The van der Waals surface area contributed by atoms with Gasteiger partial charge in [-0.1, -0.05) is 24.3 Å². The smallest absolute Gasteiger partial charge is 0.319 e. The molecule has 0 saturated heterocycles. The van der Waals surface area contributed by atoms with E-state index >= 15 is 0 Å². The molecule has 2 atom stereocenters. The van der Waals surface area contributed by atoms with E-state index in [1.807, 2.05) is 24.3 Å². The van der Waals surface area contributed by atoms with Gasteiger partial charge < -0.3 is 15.7 Å². The monoisotopic (exact) mass is 272 g/mol. The Morgan fingerprint density at radius 2 is 2.25 bits per heavy atom. The molecule has 1 aliphatic carbocycles. The van der Waals surface area contributed by atoms with Crippen LogP contribution in [0, 0.1) is 0 Å². The van der Waals surface area contributed by atoms with E-state index in [4.69, 9.17) is 0 Å². The molecule has 2 amide bonds. The fourth-order valence-electron chi connectivity index (χ4n) is 2.54. The number of nitrogens with zero attached hydrogens (tertiary/aromatic N) is 2. The fourth-order valence-corrected chi connectivity index (χ4v) is 2.54. The van der Waals surface area contributed by atoms with Crippen molar-refractivity contribution >= 4 is 11.7 Å². The predicted molar refractivity (Wildman–Crippen MR) is 74.3 cm³/mol. The van der Waals surface area contributed by atoms with Crippen LogP contribution in [0.1, 0.15) is 17.2 Å². The van der Waals surface area contributed by atoms with Crippen LogP contribution < -0.4 is 10.6 Å². The van der Waals surface area contributed by atoms with Gasteiger partial charge in [0.1, 0.15) is 0 Å². The number of hydrogen-bond donors (Lipinski definition) is 3. The molecule has 0 aliphatic heterocycles. The summed E-state index contributed by atoms with van der Waals surface area (Å²) in [6.07, 6.45) is 3.25. The van der Waals surface area contributed by atoms with Crippen LogP contribution in [0.2, 0.25) is 0 Å². The standard InChI is InChI=1S/C14H16N4O2/c1-18-8-10(7-15-18)16-14(20)17-13-11-5-3-2-4-9(11)6-12(13)19/h2-5,7-8,12-13,19H,6H2,1H3,(H2,16,17,20)/t12-,13+/m0/s1. The molecule has 1 aromatic carbocycles. The van der Waals surface area contributed by atoms with E-state index in [1.54, 1.807) is 24.1 Å². The first-order chi connectivity index (χ1) is 9.63. The normalized spacial score (nSPS) is 20.5. The largest absolute Gasteiger partial charge is 0.390 e. The fraction of sp³-hybridized carbons (Fsp3) is 0.286. The molecular weight excluding hydrogens is 256 g/mol. The molecule has 2 aromatic rings. The van der Waals surface area contributed by atoms with Gasteiger partial charge in [0.05, 0.1) is 24.0 Å². The predicted octanol–water partition coefficient (Wildman–Crippen LogP) is 1.20. The van der Waals surface area contributed by atoms with Crippen LogP contribution in [0.25, 0.3) is 0 Å². The number of aliphatic hydroxyl groups excluding tert-OH is 1. The van der Waals surface area contributed by atoms with Crippen molar-refractivity contribution in [1.82, 2.24) is 15.1 Å². The molecule has 3 rings (SSSR count). The van der Waals surface area contributed by atoms with Crippen LogP contribution in [-0.4, -0.2) is 27.0 Å². The maximum atomic E-state index is 12.0. The second-order valence-corrected chi connectivity index (χ2v) is 4.95. The van der Waals surface area contributed by atoms with Gasteiger partial charge in [0.25, 0.3) is 0 Å². The molecule has 1 aromatic heterocycles. The van der Waals surface area contributed by atoms with Crippen molar-refractivity contribution < 1.29 is 9.90 Å². The highest BCUT2D eigenvalue weighted by molar-refractivity contribution is 5.89. The molecule has 0 fully saturated rings. The number of anilines is 1. The Hall–Kier alpha value is -2.34. The Balaban J connectivity index is 1.70. The first kappa shape index (κ1) is 12.7. The van der Waals surface area contributed by atoms with Crippen molar-refractivity contribution in [2.75, 3.05) is 5.32 Å². The third kappa shape index (κ3) is 2.37. The van der Waals surface area contributed by atoms with E-state index in [-0.39, 0.29) is 12.1 Å². The molecule has 3 N–H and O–H groups in total. The van der Waals surface area contributed by atoms with Gasteiger partial charge in [-0.25, -0.2) is 4.79 Å². The third-order valence-electron chi connectivity index (χ3n) is 3.45. The van der Waals surface area contributed by atoms with Crippen molar-refractivity contribution in [3.05, 3.63) is 47.8 Å². The third-order valence-corrected chi connectivity index (χ3v) is 3.45. The number of fused-ring (bicyclic) bond motifs is 1. The number of carbonyl (C=O) groups is 1. The molecule has 6 nitrogen and oxygen atoms in total. The van der Waals surface area contributed by atoms with E-state index in [2.05, 4.69) is 15.7 Å². The quantitative estimate of drug-likeness (QED) is 0.768. The zero-order valence-corrected chi connectivity index (χ0v) is 11.1. The minimum atomic E-state index is -0.591. The highest BCUT2D eigenvalue weighted by atomic mass is 16.3. The Labute approximate surface area is 116 Å². The zero-order valence-electron chi connectivity index (χ0n) is 11.1. The first-order valence-corrected chi connectivity index (χ1v) is 6.45. The SMILES string of the molecule is Cn1cc(NC(=O)N[C@@H]2c3ccccc3C[C@@H]2O)cn1. The summed E-state index contributed by atoms with van der Waals surface area (Å²) >= 11 is 0. The second-order valence-electron chi connectivity index (χ2n) is 4.95. The van der Waals surface area contributed by atoms with E-state index in [1.165, 1.54) is 0 Å². The summed E-state index contributed by atoms with van der Waals surface area (Å²) in [6.45, 7) is 0. The van der Waals surface area contributed by atoms with Gasteiger partial charge in [0.15, 0.2) is 0 Å². The number of rotatable bonds is 2. The van der Waals surface area contributed by atoms with Crippen LogP contribution in [0.15, 0.2) is 36.7 Å². The average Bonchev–Trinajstić information content (AvgIpc) is 2.94. The summed E-state index contributed by atoms with van der Waals surface area (Å²) in [7, 11) is 1.78. The molecule has 0 unspecified atom stereocenters. The van der Waals surface area contributed by atoms with E-state index in [0.29, 0.717) is 12.1 Å². The van der Waals surface area contributed by atoms with Crippen LogP contribution in [0.5, 0.6) is 0 Å². The molecule has 6 heteroatoms. The molecule has 1 aliphatic rings. The summed E-state index contributed by atoms with van der Waals surface area (Å²) in [5, 5.41) is 19.5. The molecule has 0 radical (unpaired) electrons. The van der Waals surface area contributed by atoms with Crippen LogP contribution in [0.4, 0.5) is 10.5 Å². The zero-order chi connectivity index (χ0) is 14.1. The average molecular weight is 272 g/mol. The maximum Gasteiger partial charge on any atom is 0.319 e. The van der Waals surface area contributed by atoms with Crippen molar-refractivity contribution in [3.8, 4) is 0 Å². The lowest BCUT2D eigenvalue weighted by Gasteiger charge is -2.18. The van der Waals surface area contributed by atoms with E-state index in [9.17, 15) is 9.90 Å². The van der Waals surface area contributed by atoms with Gasteiger partial charge in [-0.3, -0.25) is 4.68 Å². The molecule has 0 saturated carbocycles. The Kier molecular flexibility index (Phi) is 3.15. The summed E-state index contributed by atoms with van der Waals surface area (Å²) in [4.78, 5) is 12.0. The number of benzene rings is 1. The number of hydrogen-bond acceptors (Lipinski definition) is 3. The number of aliphatic hydroxyl groups is 1. The minimum absolute atomic E-state index is 0.348. The van der Waals surface area contributed by atoms with Gasteiger partial charge in [-0.05, 0) is 11.1 Å². The first-order valence-electron chi connectivity index (χ1n) is 6.45. The minimum Gasteiger partial charge on any atom is -0.390 e. The van der Waals surface area contributed by atoms with Crippen molar-refractivity contribution in [1.29, 1.82) is 0 Å². The van der Waals surface area contributed by atoms with Gasteiger partial charge in [0, 0.05) is 19.7 Å².